The summed E-state index contributed by atoms with van der Waals surface area (Å²) in [6, 6.07) is 9.77. The molecule has 4 amide bonds. The second-order valence-corrected chi connectivity index (χ2v) is 8.01. The lowest BCUT2D eigenvalue weighted by Crippen LogP contribution is -2.56. The van der Waals surface area contributed by atoms with E-state index >= 15 is 0 Å². The number of imide groups is 1. The molecule has 0 aromatic heterocycles. The maximum atomic E-state index is 13.3. The van der Waals surface area contributed by atoms with E-state index in [0.717, 1.165) is 9.91 Å². The quantitative estimate of drug-likeness (QED) is 0.453. The van der Waals surface area contributed by atoms with Gasteiger partial charge in [-0.3, -0.25) is 24.6 Å². The van der Waals surface area contributed by atoms with Gasteiger partial charge in [0.2, 0.25) is 11.8 Å². The van der Waals surface area contributed by atoms with Crippen LogP contribution in [0.1, 0.15) is 37.0 Å². The van der Waals surface area contributed by atoms with E-state index in [9.17, 15) is 19.2 Å². The summed E-state index contributed by atoms with van der Waals surface area (Å²) >= 11 is 0. The molecule has 35 heavy (non-hydrogen) atoms. The molecular weight excluding hydrogens is 454 g/mol. The molecule has 0 spiro atoms. The summed E-state index contributed by atoms with van der Waals surface area (Å²) in [5.41, 5.74) is 3.09. The Bertz CT molecular complexity index is 1120. The summed E-state index contributed by atoms with van der Waals surface area (Å²) in [7, 11) is 4.42. The number of ether oxygens (including phenoxy) is 3. The van der Waals surface area contributed by atoms with Crippen molar-refractivity contribution in [2.45, 2.75) is 32.7 Å². The van der Waals surface area contributed by atoms with Gasteiger partial charge in [-0.05, 0) is 48.9 Å². The Hall–Kier alpha value is -4.08. The number of nitrogens with one attached hydrogen (secondary N) is 1. The Morgan fingerprint density at radius 1 is 1.03 bits per heavy atom. The maximum Gasteiger partial charge on any atom is 0.270 e. The van der Waals surface area contributed by atoms with Crippen LogP contribution >= 0.6 is 0 Å². The van der Waals surface area contributed by atoms with Crippen LogP contribution in [0.25, 0.3) is 0 Å². The number of benzene rings is 2. The van der Waals surface area contributed by atoms with Gasteiger partial charge in [0.15, 0.2) is 11.5 Å². The molecule has 0 aliphatic carbocycles. The lowest BCUT2D eigenvalue weighted by molar-refractivity contribution is -0.144. The van der Waals surface area contributed by atoms with Gasteiger partial charge < -0.3 is 14.2 Å². The molecule has 1 aliphatic rings. The minimum absolute atomic E-state index is 0.188. The van der Waals surface area contributed by atoms with Crippen molar-refractivity contribution in [2.24, 2.45) is 5.92 Å². The van der Waals surface area contributed by atoms with Gasteiger partial charge in [-0.15, -0.1) is 0 Å². The van der Waals surface area contributed by atoms with E-state index in [1.54, 1.807) is 37.3 Å². The molecule has 10 nitrogen and oxygen atoms in total. The molecule has 1 N–H and O–H groups in total. The van der Waals surface area contributed by atoms with E-state index in [0.29, 0.717) is 29.4 Å². The van der Waals surface area contributed by atoms with Crippen molar-refractivity contribution in [3.05, 3.63) is 48.0 Å². The van der Waals surface area contributed by atoms with Gasteiger partial charge in [-0.25, -0.2) is 9.91 Å². The molecule has 1 saturated heterocycles. The summed E-state index contributed by atoms with van der Waals surface area (Å²) in [5, 5.41) is 0.983. The second-order valence-electron chi connectivity index (χ2n) is 8.01. The Kier molecular flexibility index (Phi) is 7.95. The molecule has 1 fully saturated rings. The topological polar surface area (TPSA) is 114 Å². The zero-order valence-electron chi connectivity index (χ0n) is 20.4. The zero-order chi connectivity index (χ0) is 25.7. The van der Waals surface area contributed by atoms with Crippen LogP contribution in [0, 0.1) is 5.92 Å². The highest BCUT2D eigenvalue weighted by atomic mass is 16.5. The molecular formula is C25H29N3O7. The molecule has 1 aliphatic heterocycles. The molecule has 0 bridgehead atoms. The van der Waals surface area contributed by atoms with E-state index in [1.807, 2.05) is 6.92 Å². The highest BCUT2D eigenvalue weighted by molar-refractivity contribution is 6.23. The van der Waals surface area contributed by atoms with Gasteiger partial charge in [0.1, 0.15) is 11.8 Å². The van der Waals surface area contributed by atoms with Crippen molar-refractivity contribution >= 4 is 29.3 Å². The predicted octanol–water partition coefficient (Wildman–Crippen LogP) is 2.56. The van der Waals surface area contributed by atoms with Crippen molar-refractivity contribution in [3.63, 3.8) is 0 Å². The average molecular weight is 484 g/mol. The molecule has 2 atom stereocenters. The average Bonchev–Trinajstić information content (AvgIpc) is 3.18. The van der Waals surface area contributed by atoms with E-state index in [-0.39, 0.29) is 12.0 Å². The van der Waals surface area contributed by atoms with Gasteiger partial charge in [0.25, 0.3) is 11.8 Å². The Morgan fingerprint density at radius 2 is 1.69 bits per heavy atom. The lowest BCUT2D eigenvalue weighted by Gasteiger charge is -2.30. The van der Waals surface area contributed by atoms with Gasteiger partial charge in [-0.2, -0.15) is 0 Å². The fourth-order valence-corrected chi connectivity index (χ4v) is 3.67. The van der Waals surface area contributed by atoms with Crippen LogP contribution in [0.15, 0.2) is 42.5 Å². The first-order valence-electron chi connectivity index (χ1n) is 11.1. The first kappa shape index (κ1) is 25.5. The largest absolute Gasteiger partial charge is 0.497 e. The first-order chi connectivity index (χ1) is 16.7. The number of methoxy groups -OCH3 is 3. The Morgan fingerprint density at radius 3 is 2.26 bits per heavy atom. The van der Waals surface area contributed by atoms with Gasteiger partial charge >= 0.3 is 0 Å². The molecule has 186 valence electrons. The summed E-state index contributed by atoms with van der Waals surface area (Å²) in [5.74, 6) is -1.34. The number of carbonyl (C=O) groups excluding carboxylic acids is 4. The van der Waals surface area contributed by atoms with Crippen LogP contribution in [0.3, 0.4) is 0 Å². The highest BCUT2D eigenvalue weighted by Gasteiger charge is 2.46. The zero-order valence-corrected chi connectivity index (χ0v) is 20.4. The fraction of sp³-hybridized carbons (Fsp3) is 0.360. The number of carbonyl (C=O) groups is 4. The third kappa shape index (κ3) is 5.21. The minimum atomic E-state index is -1.19. The van der Waals surface area contributed by atoms with E-state index in [4.69, 9.17) is 14.2 Å². The molecule has 3 rings (SSSR count). The normalized spacial score (nSPS) is 16.0. The summed E-state index contributed by atoms with van der Waals surface area (Å²) in [4.78, 5) is 53.4. The third-order valence-corrected chi connectivity index (χ3v) is 5.90. The Labute approximate surface area is 203 Å². The summed E-state index contributed by atoms with van der Waals surface area (Å²) in [6.07, 6.45) is 0.220. The number of hydrogen-bond donors (Lipinski definition) is 1. The number of amides is 4. The van der Waals surface area contributed by atoms with Gasteiger partial charge in [0.05, 0.1) is 33.4 Å². The van der Waals surface area contributed by atoms with Crippen LogP contribution in [0.2, 0.25) is 0 Å². The molecule has 2 aromatic carbocycles. The number of rotatable bonds is 8. The number of hydrogen-bond acceptors (Lipinski definition) is 7. The molecule has 10 heteroatoms. The molecule has 2 aromatic rings. The Balaban J connectivity index is 1.91. The smallest absolute Gasteiger partial charge is 0.270 e. The summed E-state index contributed by atoms with van der Waals surface area (Å²) in [6.45, 7) is 3.52. The van der Waals surface area contributed by atoms with Crippen LogP contribution < -0.4 is 24.5 Å². The van der Waals surface area contributed by atoms with Crippen molar-refractivity contribution in [1.29, 1.82) is 0 Å². The monoisotopic (exact) mass is 483 g/mol. The number of anilines is 1. The maximum absolute atomic E-state index is 13.3. The van der Waals surface area contributed by atoms with Crippen molar-refractivity contribution in [2.75, 3.05) is 26.2 Å². The highest BCUT2D eigenvalue weighted by Crippen LogP contribution is 2.29. The fourth-order valence-electron chi connectivity index (χ4n) is 3.67. The molecule has 0 saturated carbocycles. The van der Waals surface area contributed by atoms with Gasteiger partial charge in [-0.1, -0.05) is 13.8 Å². The molecule has 0 unspecified atom stereocenters. The predicted molar refractivity (Wildman–Crippen MR) is 127 cm³/mol. The van der Waals surface area contributed by atoms with Gasteiger partial charge in [0, 0.05) is 11.5 Å². The van der Waals surface area contributed by atoms with Crippen LogP contribution in [-0.2, 0) is 14.4 Å². The number of nitrogens with zero attached hydrogens (tertiary/aromatic N) is 2. The van der Waals surface area contributed by atoms with Crippen molar-refractivity contribution in [1.82, 2.24) is 10.4 Å². The SMILES string of the molecule is CC[C@H](C)C(=O)N(NC(=O)c1ccc(OC)c(OC)c1)[C@H]1CC(=O)N(c2ccc(OC)cc2)C1=O. The second kappa shape index (κ2) is 10.9. The molecule has 0 radical (unpaired) electrons. The summed E-state index contributed by atoms with van der Waals surface area (Å²) < 4.78 is 15.6. The van der Waals surface area contributed by atoms with E-state index < -0.39 is 35.6 Å². The lowest BCUT2D eigenvalue weighted by atomic mass is 10.1. The van der Waals surface area contributed by atoms with Crippen LogP contribution in [0.4, 0.5) is 5.69 Å². The number of hydrazine groups is 1. The van der Waals surface area contributed by atoms with Crippen molar-refractivity contribution < 1.29 is 33.4 Å². The minimum Gasteiger partial charge on any atom is -0.497 e. The molecule has 1 heterocycles. The van der Waals surface area contributed by atoms with Crippen LogP contribution in [0.5, 0.6) is 17.2 Å². The first-order valence-corrected chi connectivity index (χ1v) is 11.1. The standard InChI is InChI=1S/C25H29N3O7/c1-6-15(2)24(31)28(26-23(30)16-7-12-20(34-4)21(13-16)35-5)19-14-22(29)27(25(19)32)17-8-10-18(33-3)11-9-17/h7-13,15,19H,6,14H2,1-5H3,(H,26,30)/t15-,19-/m0/s1. The third-order valence-electron chi connectivity index (χ3n) is 5.90. The van der Waals surface area contributed by atoms with Crippen LogP contribution in [-0.4, -0.2) is 56.0 Å². The van der Waals surface area contributed by atoms with Crippen molar-refractivity contribution in [3.8, 4) is 17.2 Å². The van der Waals surface area contributed by atoms with E-state index in [2.05, 4.69) is 5.43 Å². The van der Waals surface area contributed by atoms with E-state index in [1.165, 1.54) is 33.5 Å².